The number of piperazine rings is 1. The standard InChI is InChI=1S/C29H36N8O3S/c1-18-15-23(25(40-4)16-24(18)36-14-13-35(3)19(2)17-36)32-29-33-27-21(9-11-30-27)28(34-29)31-22-8-6-7-20-10-12-37(26(20)22)41(5,38)39/h6-9,11,15-16,19H,10,12-14,17H2,1-5H3,(H3,30,31,32,33,34)/t19-/m1/s1. The van der Waals surface area contributed by atoms with E-state index in [1.165, 1.54) is 10.6 Å². The SMILES string of the molecule is COc1cc(N2CCN(C)[C@H](C)C2)c(C)cc1Nc1nc(Nc2cccc3c2N(S(C)(=O)=O)CC3)c2cc[nH]c2n1. The number of aryl methyl sites for hydroxylation is 1. The Labute approximate surface area is 240 Å². The van der Waals surface area contributed by atoms with Gasteiger partial charge in [-0.25, -0.2) is 8.42 Å². The summed E-state index contributed by atoms with van der Waals surface area (Å²) in [6, 6.07) is 12.3. The smallest absolute Gasteiger partial charge is 0.232 e. The number of benzene rings is 2. The Hall–Kier alpha value is -4.03. The molecule has 11 nitrogen and oxygen atoms in total. The quantitative estimate of drug-likeness (QED) is 0.297. The van der Waals surface area contributed by atoms with Crippen LogP contribution in [-0.2, 0) is 16.4 Å². The van der Waals surface area contributed by atoms with Gasteiger partial charge in [0.15, 0.2) is 0 Å². The number of rotatable bonds is 7. The lowest BCUT2D eigenvalue weighted by atomic mass is 10.1. The Morgan fingerprint density at radius 1 is 1.07 bits per heavy atom. The van der Waals surface area contributed by atoms with Crippen molar-refractivity contribution in [1.29, 1.82) is 0 Å². The molecule has 41 heavy (non-hydrogen) atoms. The first-order chi connectivity index (χ1) is 19.6. The summed E-state index contributed by atoms with van der Waals surface area (Å²) in [6.45, 7) is 7.69. The number of aromatic amines is 1. The largest absolute Gasteiger partial charge is 0.494 e. The van der Waals surface area contributed by atoms with Crippen molar-refractivity contribution in [3.63, 3.8) is 0 Å². The lowest BCUT2D eigenvalue weighted by Gasteiger charge is -2.39. The molecule has 0 spiro atoms. The van der Waals surface area contributed by atoms with E-state index in [4.69, 9.17) is 14.7 Å². The molecule has 4 aromatic rings. The highest BCUT2D eigenvalue weighted by molar-refractivity contribution is 7.92. The molecule has 0 saturated carbocycles. The Balaban J connectivity index is 1.34. The summed E-state index contributed by atoms with van der Waals surface area (Å²) in [5.41, 5.74) is 6.02. The number of H-pyrrole nitrogens is 1. The number of fused-ring (bicyclic) bond motifs is 2. The van der Waals surface area contributed by atoms with Crippen LogP contribution in [0.25, 0.3) is 11.0 Å². The molecular weight excluding hydrogens is 540 g/mol. The number of ether oxygens (including phenoxy) is 1. The van der Waals surface area contributed by atoms with E-state index in [-0.39, 0.29) is 0 Å². The fourth-order valence-electron chi connectivity index (χ4n) is 5.75. The molecule has 0 bridgehead atoms. The minimum Gasteiger partial charge on any atom is -0.494 e. The third-order valence-electron chi connectivity index (χ3n) is 8.09. The number of nitrogens with zero attached hydrogens (tertiary/aromatic N) is 5. The van der Waals surface area contributed by atoms with Gasteiger partial charge in [-0.1, -0.05) is 12.1 Å². The summed E-state index contributed by atoms with van der Waals surface area (Å²) in [4.78, 5) is 17.5. The number of sulfonamides is 1. The van der Waals surface area contributed by atoms with Crippen LogP contribution in [0.1, 0.15) is 18.1 Å². The third-order valence-corrected chi connectivity index (χ3v) is 9.25. The van der Waals surface area contributed by atoms with Gasteiger partial charge in [0.2, 0.25) is 16.0 Å². The van der Waals surface area contributed by atoms with E-state index in [0.29, 0.717) is 53.5 Å². The van der Waals surface area contributed by atoms with Gasteiger partial charge in [-0.3, -0.25) is 4.31 Å². The lowest BCUT2D eigenvalue weighted by Crippen LogP contribution is -2.50. The number of nitrogens with one attached hydrogen (secondary N) is 3. The van der Waals surface area contributed by atoms with Crippen molar-refractivity contribution in [2.75, 3.05) is 66.4 Å². The maximum Gasteiger partial charge on any atom is 0.232 e. The number of hydrogen-bond donors (Lipinski definition) is 3. The second-order valence-electron chi connectivity index (χ2n) is 10.9. The number of methoxy groups -OCH3 is 1. The van der Waals surface area contributed by atoms with Crippen LogP contribution in [-0.4, -0.2) is 80.9 Å². The second-order valence-corrected chi connectivity index (χ2v) is 12.8. The van der Waals surface area contributed by atoms with Gasteiger partial charge in [0.05, 0.1) is 35.8 Å². The van der Waals surface area contributed by atoms with E-state index in [1.54, 1.807) is 7.11 Å². The second kappa shape index (κ2) is 10.4. The van der Waals surface area contributed by atoms with Gasteiger partial charge in [-0.2, -0.15) is 9.97 Å². The normalized spacial score (nSPS) is 17.6. The van der Waals surface area contributed by atoms with E-state index in [2.05, 4.69) is 58.4 Å². The van der Waals surface area contributed by atoms with E-state index >= 15 is 0 Å². The van der Waals surface area contributed by atoms with Gasteiger partial charge in [0.1, 0.15) is 17.2 Å². The fourth-order valence-corrected chi connectivity index (χ4v) is 6.72. The lowest BCUT2D eigenvalue weighted by molar-refractivity contribution is 0.234. The van der Waals surface area contributed by atoms with Gasteiger partial charge < -0.3 is 30.2 Å². The number of aromatic nitrogens is 3. The van der Waals surface area contributed by atoms with Crippen molar-refractivity contribution in [3.8, 4) is 5.75 Å². The molecule has 2 aromatic carbocycles. The summed E-state index contributed by atoms with van der Waals surface area (Å²) in [6.07, 6.45) is 3.71. The maximum absolute atomic E-state index is 12.5. The molecule has 1 atom stereocenters. The number of hydrogen-bond acceptors (Lipinski definition) is 9. The maximum atomic E-state index is 12.5. The minimum atomic E-state index is -3.42. The van der Waals surface area contributed by atoms with Crippen LogP contribution in [0, 0.1) is 6.92 Å². The van der Waals surface area contributed by atoms with Gasteiger partial charge in [0.25, 0.3) is 0 Å². The molecule has 0 amide bonds. The van der Waals surface area contributed by atoms with Crippen LogP contribution in [0.5, 0.6) is 5.75 Å². The van der Waals surface area contributed by atoms with E-state index in [0.717, 1.165) is 47.5 Å². The zero-order chi connectivity index (χ0) is 28.9. The first kappa shape index (κ1) is 27.2. The molecule has 3 N–H and O–H groups in total. The van der Waals surface area contributed by atoms with E-state index in [9.17, 15) is 8.42 Å². The average molecular weight is 577 g/mol. The summed E-state index contributed by atoms with van der Waals surface area (Å²) >= 11 is 0. The molecule has 0 aliphatic carbocycles. The number of anilines is 6. The van der Waals surface area contributed by atoms with Crippen LogP contribution in [0.4, 0.5) is 34.5 Å². The molecular formula is C29H36N8O3S. The predicted octanol–water partition coefficient (Wildman–Crippen LogP) is 4.22. The minimum absolute atomic E-state index is 0.383. The van der Waals surface area contributed by atoms with Crippen molar-refractivity contribution >= 4 is 55.6 Å². The van der Waals surface area contributed by atoms with Crippen LogP contribution >= 0.6 is 0 Å². The Bertz CT molecular complexity index is 1720. The molecule has 1 fully saturated rings. The molecule has 2 aliphatic rings. The monoisotopic (exact) mass is 576 g/mol. The highest BCUT2D eigenvalue weighted by Gasteiger charge is 2.29. The summed E-state index contributed by atoms with van der Waals surface area (Å²) < 4.78 is 32.3. The molecule has 6 rings (SSSR count). The van der Waals surface area contributed by atoms with Crippen LogP contribution < -0.4 is 24.6 Å². The van der Waals surface area contributed by atoms with Crippen molar-refractivity contribution in [3.05, 3.63) is 53.7 Å². The third kappa shape index (κ3) is 5.13. The Morgan fingerprint density at radius 2 is 1.90 bits per heavy atom. The van der Waals surface area contributed by atoms with Gasteiger partial charge in [0, 0.05) is 50.2 Å². The van der Waals surface area contributed by atoms with E-state index in [1.807, 2.05) is 30.5 Å². The fraction of sp³-hybridized carbons (Fsp3) is 0.379. The highest BCUT2D eigenvalue weighted by Crippen LogP contribution is 2.40. The molecule has 2 aliphatic heterocycles. The topological polar surface area (TPSA) is 119 Å². The zero-order valence-electron chi connectivity index (χ0n) is 24.0. The first-order valence-electron chi connectivity index (χ1n) is 13.7. The molecule has 12 heteroatoms. The Kier molecular flexibility index (Phi) is 6.90. The van der Waals surface area contributed by atoms with Gasteiger partial charge in [-0.05, 0) is 56.6 Å². The van der Waals surface area contributed by atoms with Gasteiger partial charge >= 0.3 is 0 Å². The molecule has 0 radical (unpaired) electrons. The van der Waals surface area contributed by atoms with Crippen molar-refractivity contribution < 1.29 is 13.2 Å². The van der Waals surface area contributed by atoms with Crippen molar-refractivity contribution in [1.82, 2.24) is 19.9 Å². The number of para-hydroxylation sites is 1. The summed E-state index contributed by atoms with van der Waals surface area (Å²) in [7, 11) is 0.412. The highest BCUT2D eigenvalue weighted by atomic mass is 32.2. The summed E-state index contributed by atoms with van der Waals surface area (Å²) in [5.74, 6) is 1.64. The molecule has 1 saturated heterocycles. The van der Waals surface area contributed by atoms with Crippen LogP contribution in [0.2, 0.25) is 0 Å². The average Bonchev–Trinajstić information content (AvgIpc) is 3.59. The molecule has 0 unspecified atom stereocenters. The predicted molar refractivity (Wildman–Crippen MR) is 165 cm³/mol. The van der Waals surface area contributed by atoms with E-state index < -0.39 is 10.0 Å². The van der Waals surface area contributed by atoms with Crippen molar-refractivity contribution in [2.24, 2.45) is 0 Å². The van der Waals surface area contributed by atoms with Crippen molar-refractivity contribution in [2.45, 2.75) is 26.3 Å². The molecule has 216 valence electrons. The van der Waals surface area contributed by atoms with Crippen LogP contribution in [0.3, 0.4) is 0 Å². The summed E-state index contributed by atoms with van der Waals surface area (Å²) in [5, 5.41) is 7.56. The first-order valence-corrected chi connectivity index (χ1v) is 15.6. The molecule has 4 heterocycles. The Morgan fingerprint density at radius 3 is 2.66 bits per heavy atom. The zero-order valence-corrected chi connectivity index (χ0v) is 24.8. The van der Waals surface area contributed by atoms with Crippen LogP contribution in [0.15, 0.2) is 42.6 Å². The van der Waals surface area contributed by atoms with Gasteiger partial charge in [-0.15, -0.1) is 0 Å². The number of likely N-dealkylation sites (N-methyl/N-ethyl adjacent to an activating group) is 1. The molecule has 2 aromatic heterocycles.